The lowest BCUT2D eigenvalue weighted by molar-refractivity contribution is -0.157. The Labute approximate surface area is 120 Å². The third kappa shape index (κ3) is 2.71. The van der Waals surface area contributed by atoms with Gasteiger partial charge < -0.3 is 4.74 Å². The van der Waals surface area contributed by atoms with Gasteiger partial charge in [0, 0.05) is 5.92 Å². The molecule has 0 aliphatic heterocycles. The summed E-state index contributed by atoms with van der Waals surface area (Å²) in [6.07, 6.45) is 10.9. The molecule has 0 amide bonds. The summed E-state index contributed by atoms with van der Waals surface area (Å²) >= 11 is 0. The highest BCUT2D eigenvalue weighted by Crippen LogP contribution is 2.43. The summed E-state index contributed by atoms with van der Waals surface area (Å²) in [5.74, 6) is -1.74. The zero-order chi connectivity index (χ0) is 13.8. The van der Waals surface area contributed by atoms with Crippen molar-refractivity contribution < 1.29 is 9.13 Å². The molecular weight excluding hydrogens is 251 g/mol. The number of hydrogen-bond acceptors (Lipinski definition) is 1. The second-order valence-corrected chi connectivity index (χ2v) is 5.70. The summed E-state index contributed by atoms with van der Waals surface area (Å²) in [5, 5.41) is 0. The van der Waals surface area contributed by atoms with Gasteiger partial charge in [-0.25, -0.2) is 4.39 Å². The zero-order valence-electron chi connectivity index (χ0n) is 11.7. The van der Waals surface area contributed by atoms with Crippen molar-refractivity contribution in [1.29, 1.82) is 0 Å². The van der Waals surface area contributed by atoms with Crippen molar-refractivity contribution in [2.24, 2.45) is 5.92 Å². The summed E-state index contributed by atoms with van der Waals surface area (Å²) in [6.45, 7) is 0.332. The molecule has 1 aromatic rings. The van der Waals surface area contributed by atoms with Crippen LogP contribution in [0.4, 0.5) is 4.39 Å². The van der Waals surface area contributed by atoms with Gasteiger partial charge in [-0.1, -0.05) is 61.4 Å². The molecular formula is C18H21FO. The van der Waals surface area contributed by atoms with Gasteiger partial charge in [0.25, 0.3) is 0 Å². The molecule has 2 bridgehead atoms. The van der Waals surface area contributed by atoms with Gasteiger partial charge in [0.05, 0.1) is 6.61 Å². The van der Waals surface area contributed by atoms with Crippen molar-refractivity contribution in [3.8, 4) is 0 Å². The number of alkyl halides is 1. The third-order valence-corrected chi connectivity index (χ3v) is 4.31. The Hall–Kier alpha value is -1.41. The molecule has 106 valence electrons. The molecule has 20 heavy (non-hydrogen) atoms. The number of ether oxygens (including phenoxy) is 1. The fourth-order valence-electron chi connectivity index (χ4n) is 3.14. The van der Waals surface area contributed by atoms with Crippen LogP contribution in [-0.4, -0.2) is 5.85 Å². The van der Waals surface area contributed by atoms with Crippen LogP contribution in [0.5, 0.6) is 0 Å². The first kappa shape index (κ1) is 13.6. The minimum Gasteiger partial charge on any atom is -0.337 e. The molecule has 0 radical (unpaired) electrons. The van der Waals surface area contributed by atoms with E-state index in [2.05, 4.69) is 0 Å². The zero-order valence-corrected chi connectivity index (χ0v) is 11.7. The smallest absolute Gasteiger partial charge is 0.238 e. The van der Waals surface area contributed by atoms with Crippen LogP contribution < -0.4 is 0 Å². The first-order valence-electron chi connectivity index (χ1n) is 7.54. The number of hydrogen-bond donors (Lipinski definition) is 0. The monoisotopic (exact) mass is 272 g/mol. The highest BCUT2D eigenvalue weighted by molar-refractivity contribution is 5.29. The van der Waals surface area contributed by atoms with Gasteiger partial charge >= 0.3 is 0 Å². The number of rotatable bonds is 3. The number of allylic oxidation sites excluding steroid dienone is 2. The van der Waals surface area contributed by atoms with E-state index in [-0.39, 0.29) is 5.92 Å². The van der Waals surface area contributed by atoms with Crippen LogP contribution in [0.25, 0.3) is 0 Å². The van der Waals surface area contributed by atoms with Crippen molar-refractivity contribution in [1.82, 2.24) is 0 Å². The molecule has 2 aliphatic rings. The first-order valence-corrected chi connectivity index (χ1v) is 7.54. The molecule has 2 unspecified atom stereocenters. The predicted molar refractivity (Wildman–Crippen MR) is 78.9 cm³/mol. The highest BCUT2D eigenvalue weighted by atomic mass is 19.2. The van der Waals surface area contributed by atoms with Gasteiger partial charge in [0.1, 0.15) is 0 Å². The molecule has 0 saturated heterocycles. The molecule has 0 aromatic heterocycles. The van der Waals surface area contributed by atoms with Crippen molar-refractivity contribution >= 4 is 0 Å². The summed E-state index contributed by atoms with van der Waals surface area (Å²) < 4.78 is 21.2. The van der Waals surface area contributed by atoms with Crippen LogP contribution in [0.3, 0.4) is 0 Å². The average molecular weight is 272 g/mol. The van der Waals surface area contributed by atoms with Crippen LogP contribution in [0.15, 0.2) is 54.1 Å². The van der Waals surface area contributed by atoms with Crippen LogP contribution in [0, 0.1) is 5.92 Å². The molecule has 1 nitrogen and oxygen atoms in total. The maximum atomic E-state index is 15.5. The van der Waals surface area contributed by atoms with E-state index in [1.54, 1.807) is 0 Å². The largest absolute Gasteiger partial charge is 0.337 e. The molecule has 3 rings (SSSR count). The van der Waals surface area contributed by atoms with E-state index in [9.17, 15) is 0 Å². The number of halogens is 1. The molecule has 0 heterocycles. The van der Waals surface area contributed by atoms with E-state index in [0.717, 1.165) is 36.8 Å². The lowest BCUT2D eigenvalue weighted by Gasteiger charge is -2.37. The topological polar surface area (TPSA) is 9.23 Å². The summed E-state index contributed by atoms with van der Waals surface area (Å²) in [4.78, 5) is 0. The number of benzene rings is 1. The molecule has 2 aliphatic carbocycles. The molecule has 2 atom stereocenters. The summed E-state index contributed by atoms with van der Waals surface area (Å²) in [6, 6.07) is 9.84. The van der Waals surface area contributed by atoms with E-state index in [1.165, 1.54) is 6.42 Å². The van der Waals surface area contributed by atoms with Gasteiger partial charge in [-0.05, 0) is 30.4 Å². The second-order valence-electron chi connectivity index (χ2n) is 5.70. The van der Waals surface area contributed by atoms with Gasteiger partial charge in [-0.3, -0.25) is 0 Å². The Kier molecular flexibility index (Phi) is 4.02. The summed E-state index contributed by atoms with van der Waals surface area (Å²) in [7, 11) is 0. The molecule has 0 spiro atoms. The quantitative estimate of drug-likeness (QED) is 0.756. The second kappa shape index (κ2) is 5.92. The van der Waals surface area contributed by atoms with Crippen LogP contribution in [-0.2, 0) is 11.3 Å². The maximum absolute atomic E-state index is 15.5. The van der Waals surface area contributed by atoms with E-state index in [0.29, 0.717) is 6.61 Å². The minimum absolute atomic E-state index is 0.133. The van der Waals surface area contributed by atoms with E-state index in [4.69, 9.17) is 4.74 Å². The fourth-order valence-corrected chi connectivity index (χ4v) is 3.14. The lowest BCUT2D eigenvalue weighted by atomic mass is 9.80. The number of fused-ring (bicyclic) bond motifs is 2. The Morgan fingerprint density at radius 2 is 2.00 bits per heavy atom. The van der Waals surface area contributed by atoms with Crippen molar-refractivity contribution in [3.05, 3.63) is 59.7 Å². The summed E-state index contributed by atoms with van der Waals surface area (Å²) in [5.41, 5.74) is 1.84. The Morgan fingerprint density at radius 1 is 1.15 bits per heavy atom. The van der Waals surface area contributed by atoms with Crippen molar-refractivity contribution in [3.63, 3.8) is 0 Å². The SMILES string of the molecule is FC1(OCc2ccccc2)C2=CC=CC1CCCCC2. The normalized spacial score (nSPS) is 29.4. The van der Waals surface area contributed by atoms with Gasteiger partial charge in [-0.2, -0.15) is 0 Å². The lowest BCUT2D eigenvalue weighted by Crippen LogP contribution is -2.39. The van der Waals surface area contributed by atoms with Crippen molar-refractivity contribution in [2.75, 3.05) is 0 Å². The molecule has 0 N–H and O–H groups in total. The van der Waals surface area contributed by atoms with Crippen LogP contribution in [0.1, 0.15) is 37.7 Å². The Morgan fingerprint density at radius 3 is 2.85 bits per heavy atom. The minimum atomic E-state index is -1.61. The van der Waals surface area contributed by atoms with Gasteiger partial charge in [0.2, 0.25) is 5.85 Å². The maximum Gasteiger partial charge on any atom is 0.238 e. The highest BCUT2D eigenvalue weighted by Gasteiger charge is 2.43. The standard InChI is InChI=1S/C18H21FO/c19-18(20-14-15-8-3-1-4-9-15)16-10-5-2-6-11-17(18)13-7-12-16/h1,3-4,7-9,12-13,16H,2,5-6,10-11,14H2. The van der Waals surface area contributed by atoms with Gasteiger partial charge in [-0.15, -0.1) is 0 Å². The Balaban J connectivity index is 1.78. The molecule has 1 aromatic carbocycles. The first-order chi connectivity index (χ1) is 9.79. The average Bonchev–Trinajstić information content (AvgIpc) is 2.49. The molecule has 2 heteroatoms. The third-order valence-electron chi connectivity index (χ3n) is 4.31. The van der Waals surface area contributed by atoms with E-state index in [1.807, 2.05) is 48.6 Å². The molecule has 1 saturated carbocycles. The van der Waals surface area contributed by atoms with Gasteiger partial charge in [0.15, 0.2) is 0 Å². The van der Waals surface area contributed by atoms with E-state index >= 15 is 4.39 Å². The van der Waals surface area contributed by atoms with Crippen molar-refractivity contribution in [2.45, 2.75) is 44.6 Å². The van der Waals surface area contributed by atoms with Crippen LogP contribution >= 0.6 is 0 Å². The Bertz CT molecular complexity index is 505. The predicted octanol–water partition coefficient (Wildman–Crippen LogP) is 4.95. The molecule has 1 fully saturated rings. The fraction of sp³-hybridized carbons (Fsp3) is 0.444. The van der Waals surface area contributed by atoms with E-state index < -0.39 is 5.85 Å². The van der Waals surface area contributed by atoms with Crippen LogP contribution in [0.2, 0.25) is 0 Å².